The number of aromatic nitrogens is 2. The van der Waals surface area contributed by atoms with E-state index >= 15 is 0 Å². The van der Waals surface area contributed by atoms with Gasteiger partial charge in [0.1, 0.15) is 0 Å². The first-order valence-electron chi connectivity index (χ1n) is 4.38. The summed E-state index contributed by atoms with van der Waals surface area (Å²) in [7, 11) is 0. The molecular weight excluding hydrogens is 259 g/mol. The summed E-state index contributed by atoms with van der Waals surface area (Å²) in [5.41, 5.74) is 1.72. The van der Waals surface area contributed by atoms with Gasteiger partial charge >= 0.3 is 91.8 Å². The van der Waals surface area contributed by atoms with E-state index < -0.39 is 25.2 Å². The molecule has 1 unspecified atom stereocenters. The molecule has 15 heavy (non-hydrogen) atoms. The topological polar surface area (TPSA) is 69.2 Å². The average Bonchev–Trinajstić information content (AvgIpc) is 2.28. The fourth-order valence-corrected chi connectivity index (χ4v) is 2.98. The summed E-state index contributed by atoms with van der Waals surface area (Å²) in [4.78, 5) is 30.6. The first kappa shape index (κ1) is 11.9. The molecule has 1 aromatic heterocycles. The van der Waals surface area contributed by atoms with Crippen molar-refractivity contribution in [2.24, 2.45) is 0 Å². The molecule has 0 bridgehead atoms. The third-order valence-corrected chi connectivity index (χ3v) is 5.01. The molecule has 1 atom stereocenters. The van der Waals surface area contributed by atoms with Crippen LogP contribution in [0.15, 0.2) is 18.5 Å². The number of rotatable bonds is 4. The van der Waals surface area contributed by atoms with Crippen molar-refractivity contribution in [2.75, 3.05) is 6.61 Å². The monoisotopic (exact) mass is 270 g/mol. The Bertz CT molecular complexity index is 356. The number of ether oxygens (including phenoxy) is 1. The standard InChI is InChI=1S/C9H11AsN2O3/c1-3-15-8(14)7(13)10(2)9-11-5-4-6-12-9/h4-6H,3H2,1-2H3. The minimum absolute atomic E-state index is 0.211. The molecule has 80 valence electrons. The molecule has 0 radical (unpaired) electrons. The number of hydrogen-bond acceptors (Lipinski definition) is 5. The first-order valence-corrected chi connectivity index (χ1v) is 8.14. The quantitative estimate of drug-likeness (QED) is 0.418. The van der Waals surface area contributed by atoms with Crippen LogP contribution in [0.1, 0.15) is 6.92 Å². The Balaban J connectivity index is 2.73. The van der Waals surface area contributed by atoms with E-state index in [0.717, 1.165) is 0 Å². The molecule has 0 saturated heterocycles. The van der Waals surface area contributed by atoms with Crippen molar-refractivity contribution in [2.45, 2.75) is 12.6 Å². The second kappa shape index (κ2) is 5.61. The van der Waals surface area contributed by atoms with Crippen LogP contribution in [0.25, 0.3) is 0 Å². The summed E-state index contributed by atoms with van der Waals surface area (Å²) >= 11 is -2.15. The molecule has 0 aliphatic heterocycles. The van der Waals surface area contributed by atoms with E-state index in [9.17, 15) is 9.59 Å². The van der Waals surface area contributed by atoms with E-state index in [1.54, 1.807) is 31.1 Å². The number of esters is 1. The Morgan fingerprint density at radius 1 is 1.40 bits per heavy atom. The van der Waals surface area contributed by atoms with Gasteiger partial charge in [0.05, 0.1) is 0 Å². The molecule has 0 saturated carbocycles. The van der Waals surface area contributed by atoms with Crippen LogP contribution in [0.2, 0.25) is 5.71 Å². The third kappa shape index (κ3) is 3.13. The van der Waals surface area contributed by atoms with Gasteiger partial charge in [0, 0.05) is 0 Å². The molecule has 5 nitrogen and oxygen atoms in total. The maximum atomic E-state index is 11.5. The Hall–Kier alpha value is -1.22. The van der Waals surface area contributed by atoms with Crippen LogP contribution in [0, 0.1) is 0 Å². The molecule has 1 aromatic rings. The number of hydrogen-bond donors (Lipinski definition) is 0. The Morgan fingerprint density at radius 3 is 2.53 bits per heavy atom. The van der Waals surface area contributed by atoms with Crippen molar-refractivity contribution in [1.29, 1.82) is 0 Å². The Labute approximate surface area is 92.1 Å². The second-order valence-corrected chi connectivity index (χ2v) is 6.67. The average molecular weight is 270 g/mol. The Morgan fingerprint density at radius 2 is 2.00 bits per heavy atom. The molecule has 1 rings (SSSR count). The molecule has 0 N–H and O–H groups in total. The zero-order chi connectivity index (χ0) is 11.3. The summed E-state index contributed by atoms with van der Waals surface area (Å²) in [6.07, 6.45) is 3.12. The summed E-state index contributed by atoms with van der Waals surface area (Å²) in [6, 6.07) is 1.67. The zero-order valence-corrected chi connectivity index (χ0v) is 10.4. The molecule has 1 heterocycles. The zero-order valence-electron chi connectivity index (χ0n) is 8.51. The van der Waals surface area contributed by atoms with Crippen molar-refractivity contribution >= 4 is 29.8 Å². The van der Waals surface area contributed by atoms with Gasteiger partial charge in [-0.15, -0.1) is 0 Å². The molecule has 6 heteroatoms. The minimum atomic E-state index is -2.15. The van der Waals surface area contributed by atoms with Crippen LogP contribution < -0.4 is 4.61 Å². The van der Waals surface area contributed by atoms with Gasteiger partial charge in [-0.05, 0) is 0 Å². The normalized spacial score (nSPS) is 11.9. The van der Waals surface area contributed by atoms with Crippen LogP contribution in [0.5, 0.6) is 0 Å². The van der Waals surface area contributed by atoms with E-state index in [4.69, 9.17) is 0 Å². The maximum absolute atomic E-state index is 11.5. The third-order valence-electron chi connectivity index (χ3n) is 1.61. The predicted octanol–water partition coefficient (Wildman–Crippen LogP) is -0.520. The van der Waals surface area contributed by atoms with Gasteiger partial charge in [-0.2, -0.15) is 0 Å². The fraction of sp³-hybridized carbons (Fsp3) is 0.333. The van der Waals surface area contributed by atoms with Gasteiger partial charge in [-0.1, -0.05) is 0 Å². The summed E-state index contributed by atoms with van der Waals surface area (Å²) in [5, 5.41) is 0. The van der Waals surface area contributed by atoms with Crippen LogP contribution in [-0.2, 0) is 14.3 Å². The van der Waals surface area contributed by atoms with E-state index in [0.29, 0.717) is 4.61 Å². The van der Waals surface area contributed by atoms with Gasteiger partial charge in [0.15, 0.2) is 0 Å². The van der Waals surface area contributed by atoms with Crippen molar-refractivity contribution in [3.63, 3.8) is 0 Å². The van der Waals surface area contributed by atoms with E-state index in [2.05, 4.69) is 14.7 Å². The first-order chi connectivity index (χ1) is 7.16. The van der Waals surface area contributed by atoms with Crippen molar-refractivity contribution in [3.8, 4) is 0 Å². The van der Waals surface area contributed by atoms with Gasteiger partial charge in [0.25, 0.3) is 0 Å². The molecule has 0 fully saturated rings. The molecule has 0 aromatic carbocycles. The van der Waals surface area contributed by atoms with Gasteiger partial charge in [-0.3, -0.25) is 0 Å². The SMILES string of the molecule is CCOC(=O)C(=O)[As](C)c1ncccn1. The van der Waals surface area contributed by atoms with Gasteiger partial charge in [0.2, 0.25) is 0 Å². The van der Waals surface area contributed by atoms with E-state index in [-0.39, 0.29) is 6.61 Å². The fourth-order valence-electron chi connectivity index (χ4n) is 0.885. The molecular formula is C9H11AsN2O3. The number of carbonyl (C=O) groups is 2. The Kier molecular flexibility index (Phi) is 4.43. The van der Waals surface area contributed by atoms with Crippen molar-refractivity contribution in [3.05, 3.63) is 18.5 Å². The van der Waals surface area contributed by atoms with Crippen molar-refractivity contribution < 1.29 is 14.3 Å². The summed E-state index contributed by atoms with van der Waals surface area (Å²) in [5.74, 6) is -0.771. The molecule has 0 aliphatic rings. The number of nitrogens with zero attached hydrogens (tertiary/aromatic N) is 2. The molecule has 0 aliphatic carbocycles. The predicted molar refractivity (Wildman–Crippen MR) is 54.9 cm³/mol. The van der Waals surface area contributed by atoms with Crippen LogP contribution in [-0.4, -0.2) is 41.8 Å². The molecule has 0 spiro atoms. The summed E-state index contributed by atoms with van der Waals surface area (Å²) in [6.45, 7) is 1.87. The van der Waals surface area contributed by atoms with Crippen molar-refractivity contribution in [1.82, 2.24) is 9.97 Å². The van der Waals surface area contributed by atoms with Crippen LogP contribution >= 0.6 is 0 Å². The second-order valence-electron chi connectivity index (χ2n) is 2.63. The molecule has 0 amide bonds. The number of carbonyl (C=O) groups excluding carboxylic acids is 2. The van der Waals surface area contributed by atoms with Gasteiger partial charge < -0.3 is 0 Å². The van der Waals surface area contributed by atoms with Gasteiger partial charge in [-0.25, -0.2) is 0 Å². The van der Waals surface area contributed by atoms with E-state index in [1.165, 1.54) is 0 Å². The summed E-state index contributed by atoms with van der Waals surface area (Å²) < 4.78 is 4.64. The van der Waals surface area contributed by atoms with Crippen LogP contribution in [0.4, 0.5) is 0 Å². The van der Waals surface area contributed by atoms with E-state index in [1.807, 2.05) is 0 Å². The van der Waals surface area contributed by atoms with Crippen LogP contribution in [0.3, 0.4) is 0 Å².